The molecule has 1 aromatic rings. The molecule has 0 fully saturated rings. The molecular weight excluding hydrogens is 428 g/mol. The number of ketones is 1. The van der Waals surface area contributed by atoms with Gasteiger partial charge in [0.1, 0.15) is 0 Å². The first-order valence-electron chi connectivity index (χ1n) is 7.82. The van der Waals surface area contributed by atoms with Crippen molar-refractivity contribution in [3.05, 3.63) is 27.5 Å². The molecule has 0 radical (unpaired) electrons. The second kappa shape index (κ2) is 8.61. The van der Waals surface area contributed by atoms with Crippen molar-refractivity contribution in [1.82, 2.24) is 10.3 Å². The van der Waals surface area contributed by atoms with Crippen molar-refractivity contribution < 1.29 is 19.1 Å². The van der Waals surface area contributed by atoms with Crippen molar-refractivity contribution in [3.8, 4) is 0 Å². The highest BCUT2D eigenvalue weighted by molar-refractivity contribution is 9.10. The summed E-state index contributed by atoms with van der Waals surface area (Å²) >= 11 is 9.40. The van der Waals surface area contributed by atoms with E-state index in [1.165, 1.54) is 12.4 Å². The molecule has 1 amide bonds. The topological polar surface area (TPSA) is 88.5 Å². The number of carbonyl (C=O) groups excluding carboxylic acids is 1. The molecule has 0 aliphatic heterocycles. The molecule has 0 saturated heterocycles. The van der Waals surface area contributed by atoms with Gasteiger partial charge in [-0.15, -0.1) is 0 Å². The van der Waals surface area contributed by atoms with E-state index >= 15 is 0 Å². The second-order valence-corrected chi connectivity index (χ2v) is 13.3. The van der Waals surface area contributed by atoms with Crippen LogP contribution in [0, 0.1) is 0 Å². The Morgan fingerprint density at radius 2 is 2.00 bits per heavy atom. The fraction of sp³-hybridized carbons (Fsp3) is 0.562. The zero-order valence-electron chi connectivity index (χ0n) is 15.0. The highest BCUT2D eigenvalue weighted by Crippen LogP contribution is 2.37. The van der Waals surface area contributed by atoms with E-state index < -0.39 is 20.5 Å². The smallest absolute Gasteiger partial charge is 0.404 e. The van der Waals surface area contributed by atoms with Gasteiger partial charge in [-0.3, -0.25) is 9.78 Å². The number of aromatic nitrogens is 1. The molecular formula is C16H24BrClN2O4Si. The number of nitrogens with one attached hydrogen (secondary N) is 1. The third kappa shape index (κ3) is 6.36. The lowest BCUT2D eigenvalue weighted by atomic mass is 10.1. The monoisotopic (exact) mass is 450 g/mol. The third-order valence-electron chi connectivity index (χ3n) is 4.30. The summed E-state index contributed by atoms with van der Waals surface area (Å²) in [5.74, 6) is -0.241. The van der Waals surface area contributed by atoms with Crippen molar-refractivity contribution in [1.29, 1.82) is 0 Å². The molecule has 0 saturated carbocycles. The molecule has 1 heterocycles. The average Bonchev–Trinajstić information content (AvgIpc) is 2.46. The maximum absolute atomic E-state index is 12.6. The number of carbonyl (C=O) groups is 2. The van der Waals surface area contributed by atoms with Crippen LogP contribution in [0.4, 0.5) is 4.79 Å². The third-order valence-corrected chi connectivity index (χ3v) is 10.1. The molecule has 1 aromatic heterocycles. The number of halogens is 2. The summed E-state index contributed by atoms with van der Waals surface area (Å²) in [6, 6.07) is 0. The van der Waals surface area contributed by atoms with Crippen LogP contribution >= 0.6 is 27.5 Å². The maximum Gasteiger partial charge on any atom is 0.404 e. The minimum absolute atomic E-state index is 0.0185. The largest absolute Gasteiger partial charge is 0.465 e. The lowest BCUT2D eigenvalue weighted by molar-refractivity contribution is 0.0887. The first kappa shape index (κ1) is 22.1. The Bertz CT molecular complexity index is 650. The van der Waals surface area contributed by atoms with Crippen molar-refractivity contribution in [2.75, 3.05) is 6.54 Å². The molecule has 0 aliphatic rings. The van der Waals surface area contributed by atoms with Gasteiger partial charge in [0.15, 0.2) is 14.1 Å². The zero-order chi connectivity index (χ0) is 19.4. The average molecular weight is 452 g/mol. The summed E-state index contributed by atoms with van der Waals surface area (Å²) in [6.07, 6.45) is 1.21. The zero-order valence-corrected chi connectivity index (χ0v) is 18.4. The van der Waals surface area contributed by atoms with Gasteiger partial charge in [0.2, 0.25) is 0 Å². The molecule has 0 unspecified atom stereocenters. The van der Waals surface area contributed by atoms with E-state index in [2.05, 4.69) is 60.1 Å². The standard InChI is InChI=1S/C16H24BrClN2O4Si/c1-16(2,3)25(4,5)24-10(7-20-15(22)23)6-13(21)11-8-19-9-12(17)14(11)18/h8-10,20H,6-7H2,1-5H3,(H,22,23)/t10-/m1/s1. The molecule has 0 bridgehead atoms. The van der Waals surface area contributed by atoms with Gasteiger partial charge >= 0.3 is 6.09 Å². The molecule has 0 aliphatic carbocycles. The minimum Gasteiger partial charge on any atom is -0.465 e. The van der Waals surface area contributed by atoms with E-state index in [4.69, 9.17) is 21.1 Å². The Morgan fingerprint density at radius 1 is 1.40 bits per heavy atom. The second-order valence-electron chi connectivity index (χ2n) is 7.30. The van der Waals surface area contributed by atoms with Gasteiger partial charge < -0.3 is 14.8 Å². The first-order valence-corrected chi connectivity index (χ1v) is 11.9. The predicted molar refractivity (Wildman–Crippen MR) is 104 cm³/mol. The van der Waals surface area contributed by atoms with Gasteiger partial charge in [0, 0.05) is 25.4 Å². The van der Waals surface area contributed by atoms with E-state index in [-0.39, 0.29) is 34.4 Å². The van der Waals surface area contributed by atoms with Crippen molar-refractivity contribution in [3.63, 3.8) is 0 Å². The Kier molecular flexibility index (Phi) is 7.61. The van der Waals surface area contributed by atoms with Gasteiger partial charge in [0.25, 0.3) is 0 Å². The molecule has 1 atom stereocenters. The van der Waals surface area contributed by atoms with Gasteiger partial charge in [-0.25, -0.2) is 4.79 Å². The van der Waals surface area contributed by atoms with Crippen LogP contribution in [0.1, 0.15) is 37.6 Å². The molecule has 0 spiro atoms. The van der Waals surface area contributed by atoms with Crippen molar-refractivity contribution in [2.24, 2.45) is 0 Å². The van der Waals surface area contributed by atoms with Crippen LogP contribution in [-0.2, 0) is 4.43 Å². The van der Waals surface area contributed by atoms with Crippen LogP contribution in [0.2, 0.25) is 23.2 Å². The Labute approximate surface area is 162 Å². The van der Waals surface area contributed by atoms with Gasteiger partial charge in [0.05, 0.1) is 21.2 Å². The van der Waals surface area contributed by atoms with Gasteiger partial charge in [-0.05, 0) is 34.1 Å². The molecule has 6 nitrogen and oxygen atoms in total. The lowest BCUT2D eigenvalue weighted by Gasteiger charge is -2.39. The number of hydrogen-bond acceptors (Lipinski definition) is 4. The predicted octanol–water partition coefficient (Wildman–Crippen LogP) is 4.73. The summed E-state index contributed by atoms with van der Waals surface area (Å²) < 4.78 is 6.76. The molecule has 25 heavy (non-hydrogen) atoms. The van der Waals surface area contributed by atoms with Gasteiger partial charge in [-0.2, -0.15) is 0 Å². The number of carboxylic acid groups (broad SMARTS) is 1. The number of nitrogens with zero attached hydrogens (tertiary/aromatic N) is 1. The van der Waals surface area contributed by atoms with Crippen molar-refractivity contribution in [2.45, 2.75) is 51.4 Å². The summed E-state index contributed by atoms with van der Waals surface area (Å²) in [4.78, 5) is 27.4. The Hall–Kier alpha value is -0.963. The number of hydrogen-bond donors (Lipinski definition) is 2. The van der Waals surface area contributed by atoms with E-state index in [9.17, 15) is 9.59 Å². The molecule has 1 rings (SSSR count). The van der Waals surface area contributed by atoms with Crippen LogP contribution in [-0.4, -0.2) is 42.9 Å². The fourth-order valence-corrected chi connectivity index (χ4v) is 3.77. The number of Topliss-reactive ketones (excluding diaryl/α,β-unsaturated/α-hetero) is 1. The highest BCUT2D eigenvalue weighted by Gasteiger charge is 2.39. The summed E-state index contributed by atoms with van der Waals surface area (Å²) in [5.41, 5.74) is 0.287. The quantitative estimate of drug-likeness (QED) is 0.462. The summed E-state index contributed by atoms with van der Waals surface area (Å²) in [5, 5.41) is 11.4. The molecule has 140 valence electrons. The molecule has 9 heteroatoms. The fourth-order valence-electron chi connectivity index (χ4n) is 1.88. The number of pyridine rings is 1. The van der Waals surface area contributed by atoms with Crippen LogP contribution in [0.25, 0.3) is 0 Å². The highest BCUT2D eigenvalue weighted by atomic mass is 79.9. The summed E-state index contributed by atoms with van der Waals surface area (Å²) in [6.45, 7) is 10.4. The number of rotatable bonds is 7. The van der Waals surface area contributed by atoms with E-state index in [0.717, 1.165) is 0 Å². The maximum atomic E-state index is 12.6. The molecule has 0 aromatic carbocycles. The van der Waals surface area contributed by atoms with E-state index in [0.29, 0.717) is 4.47 Å². The van der Waals surface area contributed by atoms with Crippen LogP contribution in [0.5, 0.6) is 0 Å². The summed E-state index contributed by atoms with van der Waals surface area (Å²) in [7, 11) is -2.18. The van der Waals surface area contributed by atoms with Crippen LogP contribution in [0.15, 0.2) is 16.9 Å². The van der Waals surface area contributed by atoms with Gasteiger partial charge in [-0.1, -0.05) is 32.4 Å². The Morgan fingerprint density at radius 3 is 2.52 bits per heavy atom. The number of amides is 1. The van der Waals surface area contributed by atoms with E-state index in [1.807, 2.05) is 0 Å². The first-order chi connectivity index (χ1) is 11.3. The van der Waals surface area contributed by atoms with Crippen LogP contribution in [0.3, 0.4) is 0 Å². The Balaban J connectivity index is 2.98. The van der Waals surface area contributed by atoms with Crippen LogP contribution < -0.4 is 5.32 Å². The SMILES string of the molecule is CC(C)(C)[Si](C)(C)O[C@@H](CNC(=O)O)CC(=O)c1cncc(Br)c1Cl. The lowest BCUT2D eigenvalue weighted by Crippen LogP contribution is -2.47. The van der Waals surface area contributed by atoms with Crippen molar-refractivity contribution >= 4 is 47.7 Å². The van der Waals surface area contributed by atoms with E-state index in [1.54, 1.807) is 0 Å². The minimum atomic E-state index is -2.18. The molecule has 2 N–H and O–H groups in total. The normalized spacial score (nSPS) is 13.4.